The molecule has 1 radical (unpaired) electrons. The molecule has 3 rings (SSSR count). The van der Waals surface area contributed by atoms with Crippen LogP contribution in [0.15, 0.2) is 36.4 Å². The van der Waals surface area contributed by atoms with Crippen molar-refractivity contribution in [1.82, 2.24) is 0 Å². The van der Waals surface area contributed by atoms with Gasteiger partial charge in [0.25, 0.3) is 0 Å². The van der Waals surface area contributed by atoms with Crippen molar-refractivity contribution in [1.29, 1.82) is 0 Å². The molecule has 0 aliphatic carbocycles. The van der Waals surface area contributed by atoms with Crippen LogP contribution in [0.2, 0.25) is 0 Å². The van der Waals surface area contributed by atoms with E-state index >= 15 is 0 Å². The van der Waals surface area contributed by atoms with Gasteiger partial charge >= 0.3 is 0 Å². The van der Waals surface area contributed by atoms with Crippen molar-refractivity contribution in [2.75, 3.05) is 0 Å². The Morgan fingerprint density at radius 3 is 3.00 bits per heavy atom. The fourth-order valence-corrected chi connectivity index (χ4v) is 2.43. The van der Waals surface area contributed by atoms with Gasteiger partial charge in [-0.3, -0.25) is 0 Å². The lowest BCUT2D eigenvalue weighted by Gasteiger charge is -2.18. The summed E-state index contributed by atoms with van der Waals surface area (Å²) in [6, 6.07) is 13.1. The van der Waals surface area contributed by atoms with Gasteiger partial charge in [-0.25, -0.2) is 4.39 Å². The summed E-state index contributed by atoms with van der Waals surface area (Å²) >= 11 is 0. The molecule has 2 aromatic carbocycles. The Hall–Kier alpha value is -2.03. The van der Waals surface area contributed by atoms with E-state index in [0.717, 1.165) is 23.3 Å². The first-order valence-corrected chi connectivity index (χ1v) is 6.63. The molecule has 0 amide bonds. The van der Waals surface area contributed by atoms with Crippen LogP contribution in [0.1, 0.15) is 25.0 Å². The molecule has 2 nitrogen and oxygen atoms in total. The van der Waals surface area contributed by atoms with E-state index in [1.54, 1.807) is 12.1 Å². The molecule has 2 aromatic rings. The Balaban J connectivity index is 1.78. The van der Waals surface area contributed by atoms with Crippen LogP contribution in [-0.4, -0.2) is 5.60 Å². The standard InChI is InChI=1S/C17H16FO2/c1-17(2)10-13-6-4-8-15(16(13)20-17)19-11-12-5-3-7-14(18)9-12/h3-6,8-9H,10-11H2,1-2H3. The number of halogens is 1. The second-order valence-corrected chi connectivity index (χ2v) is 5.62. The predicted molar refractivity (Wildman–Crippen MR) is 74.4 cm³/mol. The first-order valence-electron chi connectivity index (χ1n) is 6.63. The largest absolute Gasteiger partial charge is 0.485 e. The topological polar surface area (TPSA) is 18.5 Å². The fourth-order valence-electron chi connectivity index (χ4n) is 2.43. The van der Waals surface area contributed by atoms with Gasteiger partial charge in [0.1, 0.15) is 18.0 Å². The highest BCUT2D eigenvalue weighted by Gasteiger charge is 2.32. The maximum absolute atomic E-state index is 13.1. The van der Waals surface area contributed by atoms with Gasteiger partial charge in [-0.15, -0.1) is 0 Å². The minimum atomic E-state index is -0.373. The Morgan fingerprint density at radius 1 is 1.35 bits per heavy atom. The van der Waals surface area contributed by atoms with Crippen LogP contribution in [0, 0.1) is 11.9 Å². The zero-order valence-corrected chi connectivity index (χ0v) is 11.6. The molecule has 3 heteroatoms. The van der Waals surface area contributed by atoms with E-state index < -0.39 is 0 Å². The third-order valence-electron chi connectivity index (χ3n) is 3.28. The van der Waals surface area contributed by atoms with Gasteiger partial charge in [0.2, 0.25) is 0 Å². The summed E-state index contributed by atoms with van der Waals surface area (Å²) in [5.41, 5.74) is 1.73. The number of para-hydroxylation sites is 1. The Bertz CT molecular complexity index is 635. The van der Waals surface area contributed by atoms with Gasteiger partial charge < -0.3 is 9.47 Å². The molecule has 0 saturated heterocycles. The zero-order valence-electron chi connectivity index (χ0n) is 11.6. The van der Waals surface area contributed by atoms with E-state index in [1.165, 1.54) is 6.07 Å². The Morgan fingerprint density at radius 2 is 2.20 bits per heavy atom. The first kappa shape index (κ1) is 13.0. The summed E-state index contributed by atoms with van der Waals surface area (Å²) < 4.78 is 24.8. The minimum absolute atomic E-state index is 0.199. The maximum atomic E-state index is 13.1. The van der Waals surface area contributed by atoms with Gasteiger partial charge in [-0.05, 0) is 31.5 Å². The number of hydrogen-bond acceptors (Lipinski definition) is 2. The van der Waals surface area contributed by atoms with Crippen molar-refractivity contribution < 1.29 is 13.9 Å². The van der Waals surface area contributed by atoms with Crippen LogP contribution < -0.4 is 9.47 Å². The number of ether oxygens (including phenoxy) is 2. The lowest BCUT2D eigenvalue weighted by Crippen LogP contribution is -2.24. The van der Waals surface area contributed by atoms with Crippen LogP contribution >= 0.6 is 0 Å². The molecule has 1 heterocycles. The van der Waals surface area contributed by atoms with Crippen LogP contribution in [-0.2, 0) is 13.0 Å². The molecule has 1 aliphatic rings. The number of rotatable bonds is 3. The van der Waals surface area contributed by atoms with Crippen molar-refractivity contribution in [3.63, 3.8) is 0 Å². The van der Waals surface area contributed by atoms with Gasteiger partial charge in [0, 0.05) is 18.1 Å². The molecule has 0 bridgehead atoms. The monoisotopic (exact) mass is 271 g/mol. The van der Waals surface area contributed by atoms with E-state index in [9.17, 15) is 4.39 Å². The van der Waals surface area contributed by atoms with Crippen molar-refractivity contribution in [3.05, 3.63) is 59.4 Å². The summed E-state index contributed by atoms with van der Waals surface area (Å²) in [6.45, 7) is 4.42. The number of fused-ring (bicyclic) bond motifs is 1. The van der Waals surface area contributed by atoms with Crippen LogP contribution in [0.5, 0.6) is 11.5 Å². The second-order valence-electron chi connectivity index (χ2n) is 5.62. The molecule has 0 unspecified atom stereocenters. The molecule has 0 saturated carbocycles. The van der Waals surface area contributed by atoms with E-state index in [-0.39, 0.29) is 11.4 Å². The van der Waals surface area contributed by atoms with Gasteiger partial charge in [0.15, 0.2) is 11.5 Å². The molecule has 20 heavy (non-hydrogen) atoms. The molecule has 1 aliphatic heterocycles. The van der Waals surface area contributed by atoms with E-state index in [4.69, 9.17) is 9.47 Å². The van der Waals surface area contributed by atoms with Crippen molar-refractivity contribution in [2.24, 2.45) is 0 Å². The van der Waals surface area contributed by atoms with Crippen molar-refractivity contribution >= 4 is 0 Å². The highest BCUT2D eigenvalue weighted by Crippen LogP contribution is 2.41. The molecule has 103 valence electrons. The molecular weight excluding hydrogens is 255 g/mol. The van der Waals surface area contributed by atoms with E-state index in [0.29, 0.717) is 12.4 Å². The second kappa shape index (κ2) is 4.82. The number of hydrogen-bond donors (Lipinski definition) is 0. The first-order chi connectivity index (χ1) is 9.53. The lowest BCUT2D eigenvalue weighted by atomic mass is 10.0. The summed E-state index contributed by atoms with van der Waals surface area (Å²) in [5.74, 6) is 1.14. The normalized spacial score (nSPS) is 15.6. The van der Waals surface area contributed by atoms with Crippen LogP contribution in [0.3, 0.4) is 0 Å². The minimum Gasteiger partial charge on any atom is -0.485 e. The van der Waals surface area contributed by atoms with Gasteiger partial charge in [-0.2, -0.15) is 0 Å². The highest BCUT2D eigenvalue weighted by atomic mass is 19.1. The van der Waals surface area contributed by atoms with Crippen LogP contribution in [0.25, 0.3) is 0 Å². The Labute approximate surface area is 118 Å². The smallest absolute Gasteiger partial charge is 0.165 e. The van der Waals surface area contributed by atoms with Crippen LogP contribution in [0.4, 0.5) is 4.39 Å². The molecule has 0 fully saturated rings. The maximum Gasteiger partial charge on any atom is 0.165 e. The highest BCUT2D eigenvalue weighted by molar-refractivity contribution is 5.50. The molecule has 0 N–H and O–H groups in total. The van der Waals surface area contributed by atoms with Crippen molar-refractivity contribution in [3.8, 4) is 11.5 Å². The fraction of sp³-hybridized carbons (Fsp3) is 0.294. The summed E-state index contributed by atoms with van der Waals surface area (Å²) in [4.78, 5) is 0. The van der Waals surface area contributed by atoms with Gasteiger partial charge in [-0.1, -0.05) is 24.3 Å². The molecular formula is C17H16FO2. The summed E-state index contributed by atoms with van der Waals surface area (Å²) in [6.07, 6.45) is 0.870. The summed E-state index contributed by atoms with van der Waals surface area (Å²) in [7, 11) is 0. The predicted octanol–water partition coefficient (Wildman–Crippen LogP) is 3.92. The van der Waals surface area contributed by atoms with Crippen molar-refractivity contribution in [2.45, 2.75) is 32.5 Å². The SMILES string of the molecule is CC1(C)Cc2cccc(OCc3cc[c]c(F)c3)c2O1. The third-order valence-corrected chi connectivity index (χ3v) is 3.28. The molecule has 0 atom stereocenters. The Kier molecular flexibility index (Phi) is 3.13. The van der Waals surface area contributed by atoms with E-state index in [1.807, 2.05) is 18.2 Å². The van der Waals surface area contributed by atoms with Gasteiger partial charge in [0.05, 0.1) is 0 Å². The molecule has 0 aromatic heterocycles. The molecule has 0 spiro atoms. The lowest BCUT2D eigenvalue weighted by molar-refractivity contribution is 0.131. The third kappa shape index (κ3) is 2.62. The van der Waals surface area contributed by atoms with E-state index in [2.05, 4.69) is 19.9 Å². The number of benzene rings is 2. The average molecular weight is 271 g/mol. The average Bonchev–Trinajstić information content (AvgIpc) is 2.71. The summed E-state index contributed by atoms with van der Waals surface area (Å²) in [5, 5.41) is 0. The quantitative estimate of drug-likeness (QED) is 0.842. The zero-order chi connectivity index (χ0) is 14.2.